The molecule has 2 rings (SSSR count). The molecule has 6 nitrogen and oxygen atoms in total. The Hall–Kier alpha value is -1.92. The van der Waals surface area contributed by atoms with Crippen molar-refractivity contribution in [3.8, 4) is 0 Å². The maximum atomic E-state index is 11.8. The number of urea groups is 1. The highest BCUT2D eigenvalue weighted by atomic mass is 16.5. The van der Waals surface area contributed by atoms with Gasteiger partial charge in [0.05, 0.1) is 12.2 Å². The second kappa shape index (κ2) is 10.8. The van der Waals surface area contributed by atoms with Gasteiger partial charge in [-0.2, -0.15) is 0 Å². The summed E-state index contributed by atoms with van der Waals surface area (Å²) in [7, 11) is 0. The first-order valence-corrected chi connectivity index (χ1v) is 9.10. The molecule has 0 spiro atoms. The van der Waals surface area contributed by atoms with Crippen molar-refractivity contribution in [3.05, 3.63) is 29.8 Å². The Labute approximate surface area is 149 Å². The van der Waals surface area contributed by atoms with E-state index in [0.717, 1.165) is 63.7 Å². The van der Waals surface area contributed by atoms with Crippen LogP contribution in [-0.4, -0.2) is 43.4 Å². The molecule has 0 saturated carbocycles. The first-order chi connectivity index (χ1) is 12.2. The average Bonchev–Trinajstić information content (AvgIpc) is 2.95. The van der Waals surface area contributed by atoms with Gasteiger partial charge in [0.25, 0.3) is 5.91 Å². The van der Waals surface area contributed by atoms with Gasteiger partial charge in [-0.15, -0.1) is 0 Å². The van der Waals surface area contributed by atoms with Gasteiger partial charge in [-0.05, 0) is 49.8 Å². The monoisotopic (exact) mass is 348 g/mol. The average molecular weight is 348 g/mol. The number of carbonyl (C=O) groups excluding carboxylic acids is 2. The third kappa shape index (κ3) is 6.48. The highest BCUT2D eigenvalue weighted by Gasteiger charge is 2.29. The summed E-state index contributed by atoms with van der Waals surface area (Å²) in [5.74, 6) is -0.213. The molecule has 0 unspecified atom stereocenters. The second-order valence-electron chi connectivity index (χ2n) is 6.27. The van der Waals surface area contributed by atoms with Crippen LogP contribution in [0.5, 0.6) is 0 Å². The fourth-order valence-electron chi connectivity index (χ4n) is 2.84. The van der Waals surface area contributed by atoms with Crippen molar-refractivity contribution in [2.24, 2.45) is 0 Å². The smallest absolute Gasteiger partial charge is 0.329 e. The van der Waals surface area contributed by atoms with Crippen LogP contribution in [0.1, 0.15) is 44.1 Å². The number of anilines is 1. The number of hydrogen-bond donors (Lipinski definition) is 2. The number of ether oxygens (including phenoxy) is 1. The van der Waals surface area contributed by atoms with Crippen LogP contribution >= 0.6 is 0 Å². The van der Waals surface area contributed by atoms with Crippen LogP contribution in [0.2, 0.25) is 0 Å². The Balaban J connectivity index is 1.62. The Morgan fingerprint density at radius 2 is 1.80 bits per heavy atom. The van der Waals surface area contributed by atoms with E-state index in [9.17, 15) is 9.59 Å². The molecule has 0 radical (unpaired) electrons. The molecule has 1 heterocycles. The molecule has 25 heavy (non-hydrogen) atoms. The molecular weight excluding hydrogens is 320 g/mol. The normalized spacial score (nSPS) is 14.2. The topological polar surface area (TPSA) is 78.9 Å². The number of hydrogen-bond acceptors (Lipinski definition) is 4. The molecule has 138 valence electrons. The predicted molar refractivity (Wildman–Crippen MR) is 96.6 cm³/mol. The molecule has 0 aliphatic carbocycles. The Bertz CT molecular complexity index is 546. The Morgan fingerprint density at radius 1 is 1.04 bits per heavy atom. The molecule has 1 aromatic carbocycles. The molecule has 3 amide bonds. The van der Waals surface area contributed by atoms with E-state index in [1.54, 1.807) is 6.07 Å². The van der Waals surface area contributed by atoms with Crippen molar-refractivity contribution >= 4 is 17.6 Å². The number of benzene rings is 1. The summed E-state index contributed by atoms with van der Waals surface area (Å²) < 4.78 is 5.62. The first-order valence-electron chi connectivity index (χ1n) is 9.10. The Morgan fingerprint density at radius 3 is 2.52 bits per heavy atom. The van der Waals surface area contributed by atoms with Crippen molar-refractivity contribution in [3.63, 3.8) is 0 Å². The fourth-order valence-corrected chi connectivity index (χ4v) is 2.84. The Kier molecular flexibility index (Phi) is 8.42. The van der Waals surface area contributed by atoms with E-state index in [2.05, 4.69) is 5.32 Å². The standard InChI is InChI=1S/C19H28N2O4/c22-11-4-1-2-5-12-25-13-6-3-8-16-9-7-10-17(14-16)21-18(23)15-20-19(21)24/h7,9-10,14,22H,1-6,8,11-13,15H2,(H,20,24). The van der Waals surface area contributed by atoms with Gasteiger partial charge >= 0.3 is 6.03 Å². The van der Waals surface area contributed by atoms with Crippen LogP contribution in [0.15, 0.2) is 24.3 Å². The number of amides is 3. The minimum Gasteiger partial charge on any atom is -0.396 e. The number of rotatable bonds is 12. The minimum atomic E-state index is -0.352. The van der Waals surface area contributed by atoms with Crippen molar-refractivity contribution in [1.82, 2.24) is 5.32 Å². The summed E-state index contributed by atoms with van der Waals surface area (Å²) in [6.45, 7) is 1.89. The lowest BCUT2D eigenvalue weighted by molar-refractivity contribution is -0.115. The molecular formula is C19H28N2O4. The fraction of sp³-hybridized carbons (Fsp3) is 0.579. The summed E-state index contributed by atoms with van der Waals surface area (Å²) >= 11 is 0. The van der Waals surface area contributed by atoms with Crippen LogP contribution in [0.4, 0.5) is 10.5 Å². The number of aliphatic hydroxyl groups excluding tert-OH is 1. The summed E-state index contributed by atoms with van der Waals surface area (Å²) in [4.78, 5) is 24.7. The largest absolute Gasteiger partial charge is 0.396 e. The molecule has 1 aliphatic heterocycles. The zero-order valence-electron chi connectivity index (χ0n) is 14.7. The van der Waals surface area contributed by atoms with Crippen LogP contribution in [0.25, 0.3) is 0 Å². The molecule has 1 aliphatic rings. The van der Waals surface area contributed by atoms with Crippen LogP contribution < -0.4 is 10.2 Å². The number of carbonyl (C=O) groups is 2. The SMILES string of the molecule is O=C1CNC(=O)N1c1cccc(CCCCOCCCCCCO)c1. The summed E-state index contributed by atoms with van der Waals surface area (Å²) in [5.41, 5.74) is 1.76. The van der Waals surface area contributed by atoms with E-state index >= 15 is 0 Å². The van der Waals surface area contributed by atoms with Crippen LogP contribution in [-0.2, 0) is 16.0 Å². The lowest BCUT2D eigenvalue weighted by Gasteiger charge is -2.13. The van der Waals surface area contributed by atoms with Gasteiger partial charge < -0.3 is 15.2 Å². The minimum absolute atomic E-state index is 0.0698. The number of imide groups is 1. The number of nitrogens with one attached hydrogen (secondary N) is 1. The van der Waals surface area contributed by atoms with Gasteiger partial charge in [0.15, 0.2) is 0 Å². The maximum Gasteiger partial charge on any atom is 0.329 e. The van der Waals surface area contributed by atoms with E-state index in [-0.39, 0.29) is 25.1 Å². The van der Waals surface area contributed by atoms with E-state index in [0.29, 0.717) is 5.69 Å². The predicted octanol–water partition coefficient (Wildman–Crippen LogP) is 2.63. The highest BCUT2D eigenvalue weighted by Crippen LogP contribution is 2.20. The summed E-state index contributed by atoms with van der Waals surface area (Å²) in [6, 6.07) is 7.24. The van der Waals surface area contributed by atoms with Gasteiger partial charge in [0.1, 0.15) is 0 Å². The van der Waals surface area contributed by atoms with Crippen molar-refractivity contribution in [2.45, 2.75) is 44.9 Å². The first kappa shape index (κ1) is 19.4. The summed E-state index contributed by atoms with van der Waals surface area (Å²) in [5, 5.41) is 11.2. The van der Waals surface area contributed by atoms with E-state index in [1.165, 1.54) is 4.90 Å². The number of unbranched alkanes of at least 4 members (excludes halogenated alkanes) is 4. The molecule has 2 N–H and O–H groups in total. The second-order valence-corrected chi connectivity index (χ2v) is 6.27. The maximum absolute atomic E-state index is 11.8. The molecule has 0 bridgehead atoms. The lowest BCUT2D eigenvalue weighted by atomic mass is 10.1. The van der Waals surface area contributed by atoms with Gasteiger partial charge in [-0.3, -0.25) is 4.79 Å². The zero-order valence-corrected chi connectivity index (χ0v) is 14.7. The number of nitrogens with zero attached hydrogens (tertiary/aromatic N) is 1. The molecule has 0 atom stereocenters. The molecule has 1 aromatic rings. The lowest BCUT2D eigenvalue weighted by Crippen LogP contribution is -2.30. The van der Waals surface area contributed by atoms with Crippen LogP contribution in [0, 0.1) is 0 Å². The number of aliphatic hydroxyl groups is 1. The summed E-state index contributed by atoms with van der Waals surface area (Å²) in [6.07, 6.45) is 7.00. The van der Waals surface area contributed by atoms with Crippen molar-refractivity contribution < 1.29 is 19.4 Å². The molecule has 6 heteroatoms. The van der Waals surface area contributed by atoms with Gasteiger partial charge in [-0.1, -0.05) is 25.0 Å². The van der Waals surface area contributed by atoms with E-state index in [1.807, 2.05) is 18.2 Å². The van der Waals surface area contributed by atoms with Crippen LogP contribution in [0.3, 0.4) is 0 Å². The third-order valence-corrected chi connectivity index (χ3v) is 4.21. The van der Waals surface area contributed by atoms with Gasteiger partial charge in [-0.25, -0.2) is 9.69 Å². The molecule has 1 fully saturated rings. The highest BCUT2D eigenvalue weighted by molar-refractivity contribution is 6.19. The van der Waals surface area contributed by atoms with E-state index < -0.39 is 0 Å². The number of aryl methyl sites for hydroxylation is 1. The van der Waals surface area contributed by atoms with Crippen molar-refractivity contribution in [1.29, 1.82) is 0 Å². The van der Waals surface area contributed by atoms with Gasteiger partial charge in [0, 0.05) is 19.8 Å². The quantitative estimate of drug-likeness (QED) is 0.450. The third-order valence-electron chi connectivity index (χ3n) is 4.21. The van der Waals surface area contributed by atoms with Gasteiger partial charge in [0.2, 0.25) is 0 Å². The molecule has 0 aromatic heterocycles. The van der Waals surface area contributed by atoms with E-state index in [4.69, 9.17) is 9.84 Å². The zero-order chi connectivity index (χ0) is 17.9. The molecule has 1 saturated heterocycles. The van der Waals surface area contributed by atoms with Crippen molar-refractivity contribution in [2.75, 3.05) is 31.3 Å².